The summed E-state index contributed by atoms with van der Waals surface area (Å²) in [6.45, 7) is 0.464. The molecular weight excluding hydrogens is 336 g/mol. The summed E-state index contributed by atoms with van der Waals surface area (Å²) < 4.78 is 1.96. The Morgan fingerprint density at radius 1 is 1.04 bits per heavy atom. The number of benzene rings is 2. The molecule has 0 saturated heterocycles. The number of non-ortho nitro benzene ring substituents is 1. The highest BCUT2D eigenvalue weighted by Crippen LogP contribution is 2.15. The standard InChI is InChI=1S/C18H16N4O4/c23-17(9-11-21-10-8-13-4-1-2-7-16(13)21)19-20-18(24)14-5-3-6-15(12-14)22(25)26/h1-8,10,12H,9,11H2,(H,19,23)(H,20,24). The molecular formula is C18H16N4O4. The largest absolute Gasteiger partial charge is 0.347 e. The van der Waals surface area contributed by atoms with Crippen LogP contribution in [-0.2, 0) is 11.3 Å². The van der Waals surface area contributed by atoms with Crippen LogP contribution in [-0.4, -0.2) is 21.3 Å². The summed E-state index contributed by atoms with van der Waals surface area (Å²) in [5.41, 5.74) is 5.51. The van der Waals surface area contributed by atoms with E-state index in [1.807, 2.05) is 41.1 Å². The topological polar surface area (TPSA) is 106 Å². The minimum Gasteiger partial charge on any atom is -0.347 e. The number of rotatable bonds is 5. The third-order valence-corrected chi connectivity index (χ3v) is 3.89. The predicted octanol–water partition coefficient (Wildman–Crippen LogP) is 2.40. The van der Waals surface area contributed by atoms with Gasteiger partial charge in [0.15, 0.2) is 0 Å². The average molecular weight is 352 g/mol. The van der Waals surface area contributed by atoms with Crippen molar-refractivity contribution >= 4 is 28.4 Å². The highest BCUT2D eigenvalue weighted by molar-refractivity contribution is 5.95. The molecule has 0 aliphatic rings. The van der Waals surface area contributed by atoms with Gasteiger partial charge in [0.25, 0.3) is 11.6 Å². The molecule has 0 aliphatic carbocycles. The molecule has 2 N–H and O–H groups in total. The van der Waals surface area contributed by atoms with Gasteiger partial charge < -0.3 is 4.57 Å². The van der Waals surface area contributed by atoms with Gasteiger partial charge in [-0.2, -0.15) is 0 Å². The molecule has 0 aliphatic heterocycles. The van der Waals surface area contributed by atoms with Crippen LogP contribution in [0.3, 0.4) is 0 Å². The first-order valence-electron chi connectivity index (χ1n) is 7.92. The van der Waals surface area contributed by atoms with Crippen molar-refractivity contribution in [1.29, 1.82) is 0 Å². The quantitative estimate of drug-likeness (QED) is 0.543. The lowest BCUT2D eigenvalue weighted by molar-refractivity contribution is -0.384. The number of nitrogens with one attached hydrogen (secondary N) is 2. The van der Waals surface area contributed by atoms with Gasteiger partial charge in [0.1, 0.15) is 0 Å². The Morgan fingerprint density at radius 2 is 1.85 bits per heavy atom. The van der Waals surface area contributed by atoms with Crippen LogP contribution in [0.25, 0.3) is 10.9 Å². The second-order valence-corrected chi connectivity index (χ2v) is 5.63. The molecule has 3 aromatic rings. The zero-order chi connectivity index (χ0) is 18.5. The number of hydrazine groups is 1. The van der Waals surface area contributed by atoms with E-state index in [1.165, 1.54) is 18.2 Å². The highest BCUT2D eigenvalue weighted by Gasteiger charge is 2.12. The molecule has 8 nitrogen and oxygen atoms in total. The van der Waals surface area contributed by atoms with Gasteiger partial charge in [-0.25, -0.2) is 0 Å². The molecule has 2 amide bonds. The monoisotopic (exact) mass is 352 g/mol. The molecule has 1 heterocycles. The van der Waals surface area contributed by atoms with E-state index in [9.17, 15) is 19.7 Å². The molecule has 2 aromatic carbocycles. The van der Waals surface area contributed by atoms with Crippen LogP contribution in [0, 0.1) is 10.1 Å². The van der Waals surface area contributed by atoms with E-state index in [0.717, 1.165) is 17.0 Å². The number of fused-ring (bicyclic) bond motifs is 1. The van der Waals surface area contributed by atoms with Crippen LogP contribution in [0.4, 0.5) is 5.69 Å². The van der Waals surface area contributed by atoms with Crippen LogP contribution < -0.4 is 10.9 Å². The van der Waals surface area contributed by atoms with Gasteiger partial charge in [0.2, 0.25) is 5.91 Å². The molecule has 3 rings (SSSR count). The van der Waals surface area contributed by atoms with Crippen LogP contribution >= 0.6 is 0 Å². The minimum absolute atomic E-state index is 0.0934. The number of nitrogens with zero attached hydrogens (tertiary/aromatic N) is 2. The molecule has 0 bridgehead atoms. The molecule has 0 unspecified atom stereocenters. The van der Waals surface area contributed by atoms with Gasteiger partial charge in [-0.1, -0.05) is 24.3 Å². The van der Waals surface area contributed by atoms with Crippen LogP contribution in [0.15, 0.2) is 60.8 Å². The number of aromatic nitrogens is 1. The van der Waals surface area contributed by atoms with E-state index >= 15 is 0 Å². The number of hydrogen-bond acceptors (Lipinski definition) is 4. The molecule has 1 aromatic heterocycles. The summed E-state index contributed by atoms with van der Waals surface area (Å²) >= 11 is 0. The maximum atomic E-state index is 12.0. The van der Waals surface area contributed by atoms with Gasteiger partial charge in [-0.3, -0.25) is 30.6 Å². The fraction of sp³-hybridized carbons (Fsp3) is 0.111. The average Bonchev–Trinajstić information content (AvgIpc) is 3.07. The normalized spacial score (nSPS) is 10.5. The van der Waals surface area contributed by atoms with Crippen molar-refractivity contribution in [1.82, 2.24) is 15.4 Å². The predicted molar refractivity (Wildman–Crippen MR) is 95.3 cm³/mol. The van der Waals surface area contributed by atoms with Crippen molar-refractivity contribution in [2.45, 2.75) is 13.0 Å². The van der Waals surface area contributed by atoms with E-state index in [0.29, 0.717) is 6.54 Å². The van der Waals surface area contributed by atoms with Crippen molar-refractivity contribution in [2.24, 2.45) is 0 Å². The number of hydrogen-bond donors (Lipinski definition) is 2. The molecule has 8 heteroatoms. The number of para-hydroxylation sites is 1. The molecule has 0 spiro atoms. The maximum absolute atomic E-state index is 12.0. The number of amides is 2. The van der Waals surface area contributed by atoms with E-state index in [4.69, 9.17) is 0 Å². The van der Waals surface area contributed by atoms with E-state index in [2.05, 4.69) is 10.9 Å². The number of nitro groups is 1. The zero-order valence-corrected chi connectivity index (χ0v) is 13.7. The highest BCUT2D eigenvalue weighted by atomic mass is 16.6. The summed E-state index contributed by atoms with van der Waals surface area (Å²) in [4.78, 5) is 34.1. The van der Waals surface area contributed by atoms with Crippen LogP contribution in [0.1, 0.15) is 16.8 Å². The second-order valence-electron chi connectivity index (χ2n) is 5.63. The van der Waals surface area contributed by atoms with Crippen molar-refractivity contribution in [3.8, 4) is 0 Å². The summed E-state index contributed by atoms with van der Waals surface area (Å²) in [6.07, 6.45) is 2.08. The SMILES string of the molecule is O=C(CCn1ccc2ccccc21)NNC(=O)c1cccc([N+](=O)[O-])c1. The maximum Gasteiger partial charge on any atom is 0.270 e. The Morgan fingerprint density at radius 3 is 2.65 bits per heavy atom. The molecule has 132 valence electrons. The number of nitro benzene ring substituents is 1. The molecule has 0 fully saturated rings. The van der Waals surface area contributed by atoms with Gasteiger partial charge in [-0.05, 0) is 23.6 Å². The van der Waals surface area contributed by atoms with E-state index < -0.39 is 10.8 Å². The second kappa shape index (κ2) is 7.47. The first-order valence-corrected chi connectivity index (χ1v) is 7.92. The first-order chi connectivity index (χ1) is 12.5. The molecule has 0 radical (unpaired) electrons. The summed E-state index contributed by atoms with van der Waals surface area (Å²) in [5, 5.41) is 11.8. The Hall–Kier alpha value is -3.68. The lowest BCUT2D eigenvalue weighted by atomic mass is 10.2. The van der Waals surface area contributed by atoms with Crippen molar-refractivity contribution in [3.05, 3.63) is 76.5 Å². The minimum atomic E-state index is -0.617. The van der Waals surface area contributed by atoms with Gasteiger partial charge in [-0.15, -0.1) is 0 Å². The molecule has 0 atom stereocenters. The van der Waals surface area contributed by atoms with Gasteiger partial charge >= 0.3 is 0 Å². The van der Waals surface area contributed by atoms with Crippen LogP contribution in [0.2, 0.25) is 0 Å². The third kappa shape index (κ3) is 3.86. The Balaban J connectivity index is 1.53. The summed E-state index contributed by atoms with van der Waals surface area (Å²) in [5.74, 6) is -0.977. The fourth-order valence-corrected chi connectivity index (χ4v) is 2.58. The lowest BCUT2D eigenvalue weighted by Crippen LogP contribution is -2.41. The first kappa shape index (κ1) is 17.2. The zero-order valence-electron chi connectivity index (χ0n) is 13.7. The fourth-order valence-electron chi connectivity index (χ4n) is 2.58. The Kier molecular flexibility index (Phi) is 4.93. The Bertz CT molecular complexity index is 980. The van der Waals surface area contributed by atoms with E-state index in [1.54, 1.807) is 0 Å². The van der Waals surface area contributed by atoms with E-state index in [-0.39, 0.29) is 23.6 Å². The summed E-state index contributed by atoms with van der Waals surface area (Å²) in [7, 11) is 0. The van der Waals surface area contributed by atoms with Gasteiger partial charge in [0.05, 0.1) is 4.92 Å². The smallest absolute Gasteiger partial charge is 0.270 e. The van der Waals surface area contributed by atoms with Crippen molar-refractivity contribution < 1.29 is 14.5 Å². The lowest BCUT2D eigenvalue weighted by Gasteiger charge is -2.08. The number of carbonyl (C=O) groups excluding carboxylic acids is 2. The molecule has 0 saturated carbocycles. The Labute approximate surface area is 148 Å². The van der Waals surface area contributed by atoms with Gasteiger partial charge in [0, 0.05) is 42.4 Å². The van der Waals surface area contributed by atoms with Crippen LogP contribution in [0.5, 0.6) is 0 Å². The molecule has 26 heavy (non-hydrogen) atoms. The summed E-state index contributed by atoms with van der Waals surface area (Å²) in [6, 6.07) is 15.1. The van der Waals surface area contributed by atoms with Crippen molar-refractivity contribution in [2.75, 3.05) is 0 Å². The van der Waals surface area contributed by atoms with Crippen molar-refractivity contribution in [3.63, 3.8) is 0 Å². The third-order valence-electron chi connectivity index (χ3n) is 3.89. The number of aryl methyl sites for hydroxylation is 1. The number of carbonyl (C=O) groups is 2.